The number of carbonyl (C=O) groups excluding carboxylic acids is 1. The van der Waals surface area contributed by atoms with Crippen molar-refractivity contribution < 1.29 is 23.4 Å². The second-order valence-electron chi connectivity index (χ2n) is 11.5. The summed E-state index contributed by atoms with van der Waals surface area (Å²) in [5, 5.41) is 0. The van der Waals surface area contributed by atoms with Gasteiger partial charge >= 0.3 is 0 Å². The highest BCUT2D eigenvalue weighted by Crippen LogP contribution is 2.35. The highest BCUT2D eigenvalue weighted by molar-refractivity contribution is 5.78. The van der Waals surface area contributed by atoms with E-state index in [9.17, 15) is 9.18 Å². The summed E-state index contributed by atoms with van der Waals surface area (Å²) in [5.74, 6) is 2.16. The quantitative estimate of drug-likeness (QED) is 0.253. The SMILES string of the molecule is COCCCn1c(C2CCCN(C(=O)CC(N)Cc3ccc(-c4ccc5c(c4)OCCO5)cc3)C2)nc2c(F)cccc21. The molecule has 1 aromatic heterocycles. The smallest absolute Gasteiger partial charge is 0.224 e. The van der Waals surface area contributed by atoms with Crippen LogP contribution in [0.15, 0.2) is 60.7 Å². The number of methoxy groups -OCH3 is 1. The number of likely N-dealkylation sites (tertiary alicyclic amines) is 1. The first-order valence-electron chi connectivity index (χ1n) is 15.2. The molecular weight excluding hydrogens is 547 g/mol. The first-order valence-corrected chi connectivity index (χ1v) is 15.2. The second kappa shape index (κ2) is 13.1. The highest BCUT2D eigenvalue weighted by atomic mass is 19.1. The maximum atomic E-state index is 14.6. The first kappa shape index (κ1) is 29.1. The lowest BCUT2D eigenvalue weighted by molar-refractivity contribution is -0.132. The Bertz CT molecular complexity index is 1570. The molecule has 0 aliphatic carbocycles. The van der Waals surface area contributed by atoms with Gasteiger partial charge < -0.3 is 29.4 Å². The number of para-hydroxylation sites is 1. The molecule has 2 atom stereocenters. The van der Waals surface area contributed by atoms with Crippen LogP contribution in [0.4, 0.5) is 4.39 Å². The summed E-state index contributed by atoms with van der Waals surface area (Å²) in [4.78, 5) is 20.0. The number of aromatic nitrogens is 2. The van der Waals surface area contributed by atoms with Crippen molar-refractivity contribution in [1.82, 2.24) is 14.5 Å². The normalized spacial score (nSPS) is 17.3. The molecule has 6 rings (SSSR count). The van der Waals surface area contributed by atoms with Gasteiger partial charge in [0.2, 0.25) is 5.91 Å². The zero-order valence-corrected chi connectivity index (χ0v) is 24.6. The number of nitrogens with zero attached hydrogens (tertiary/aromatic N) is 3. The van der Waals surface area contributed by atoms with E-state index in [1.54, 1.807) is 13.2 Å². The molecular formula is C34H39FN4O4. The highest BCUT2D eigenvalue weighted by Gasteiger charge is 2.29. The van der Waals surface area contributed by atoms with Gasteiger partial charge in [0.05, 0.1) is 5.52 Å². The number of halogens is 1. The van der Waals surface area contributed by atoms with Gasteiger partial charge in [-0.2, -0.15) is 0 Å². The minimum atomic E-state index is -0.321. The van der Waals surface area contributed by atoms with Crippen LogP contribution in [0.2, 0.25) is 0 Å². The molecule has 9 heteroatoms. The molecule has 2 aliphatic rings. The monoisotopic (exact) mass is 586 g/mol. The van der Waals surface area contributed by atoms with E-state index in [0.717, 1.165) is 58.8 Å². The van der Waals surface area contributed by atoms with E-state index in [0.29, 0.717) is 51.4 Å². The molecule has 226 valence electrons. The number of ether oxygens (including phenoxy) is 3. The summed E-state index contributed by atoms with van der Waals surface area (Å²) < 4.78 is 33.4. The van der Waals surface area contributed by atoms with E-state index in [1.807, 2.05) is 29.2 Å². The van der Waals surface area contributed by atoms with E-state index in [2.05, 4.69) is 28.8 Å². The molecule has 3 heterocycles. The lowest BCUT2D eigenvalue weighted by Gasteiger charge is -2.33. The zero-order chi connectivity index (χ0) is 29.8. The maximum Gasteiger partial charge on any atom is 0.224 e. The van der Waals surface area contributed by atoms with E-state index in [-0.39, 0.29) is 30.1 Å². The summed E-state index contributed by atoms with van der Waals surface area (Å²) in [6, 6.07) is 19.1. The topological polar surface area (TPSA) is 91.8 Å². The molecule has 1 saturated heterocycles. The van der Waals surface area contributed by atoms with Gasteiger partial charge in [0.1, 0.15) is 24.6 Å². The van der Waals surface area contributed by atoms with Crippen LogP contribution >= 0.6 is 0 Å². The fraction of sp³-hybridized carbons (Fsp3) is 0.412. The minimum absolute atomic E-state index is 0.0383. The summed E-state index contributed by atoms with van der Waals surface area (Å²) in [6.45, 7) is 3.69. The minimum Gasteiger partial charge on any atom is -0.486 e. The number of carbonyl (C=O) groups is 1. The second-order valence-corrected chi connectivity index (χ2v) is 11.5. The van der Waals surface area contributed by atoms with E-state index >= 15 is 0 Å². The van der Waals surface area contributed by atoms with Crippen molar-refractivity contribution in [1.29, 1.82) is 0 Å². The average molecular weight is 587 g/mol. The molecule has 0 bridgehead atoms. The van der Waals surface area contributed by atoms with Gasteiger partial charge in [0.15, 0.2) is 17.3 Å². The third-order valence-corrected chi connectivity index (χ3v) is 8.39. The fourth-order valence-electron chi connectivity index (χ4n) is 6.24. The molecule has 1 amide bonds. The fourth-order valence-corrected chi connectivity index (χ4v) is 6.24. The van der Waals surface area contributed by atoms with Gasteiger partial charge in [-0.1, -0.05) is 36.4 Å². The van der Waals surface area contributed by atoms with Gasteiger partial charge in [-0.05, 0) is 66.6 Å². The lowest BCUT2D eigenvalue weighted by atomic mass is 9.95. The predicted octanol–water partition coefficient (Wildman–Crippen LogP) is 5.32. The van der Waals surface area contributed by atoms with Crippen molar-refractivity contribution >= 4 is 16.9 Å². The number of benzene rings is 3. The lowest BCUT2D eigenvalue weighted by Crippen LogP contribution is -2.42. The molecule has 0 radical (unpaired) electrons. The van der Waals surface area contributed by atoms with Crippen molar-refractivity contribution in [2.45, 2.75) is 50.6 Å². The van der Waals surface area contributed by atoms with Crippen LogP contribution < -0.4 is 15.2 Å². The molecule has 3 aromatic carbocycles. The standard InChI is InChI=1S/C34H39FN4O4/c1-41-16-4-15-39-29-7-2-6-28(35)33(29)37-34(39)26-5-3-14-38(22-26)32(40)21-27(36)19-23-8-10-24(11-9-23)25-12-13-30-31(20-25)43-18-17-42-30/h2,6-13,20,26-27H,3-5,14-19,21-22,36H2,1H3. The Morgan fingerprint density at radius 3 is 2.70 bits per heavy atom. The predicted molar refractivity (Wildman–Crippen MR) is 164 cm³/mol. The molecule has 8 nitrogen and oxygen atoms in total. The number of piperidine rings is 1. The molecule has 2 N–H and O–H groups in total. The van der Waals surface area contributed by atoms with Crippen LogP contribution in [0.1, 0.15) is 43.0 Å². The molecule has 43 heavy (non-hydrogen) atoms. The molecule has 0 spiro atoms. The summed E-state index contributed by atoms with van der Waals surface area (Å²) in [5.41, 5.74) is 10.9. The van der Waals surface area contributed by atoms with Crippen LogP contribution in [0.3, 0.4) is 0 Å². The van der Waals surface area contributed by atoms with Crippen molar-refractivity contribution in [3.8, 4) is 22.6 Å². The van der Waals surface area contributed by atoms with Gasteiger partial charge in [0.25, 0.3) is 0 Å². The molecule has 2 unspecified atom stereocenters. The number of hydrogen-bond donors (Lipinski definition) is 1. The third kappa shape index (κ3) is 6.53. The Hall–Kier alpha value is -3.95. The van der Waals surface area contributed by atoms with Gasteiger partial charge in [-0.15, -0.1) is 0 Å². The van der Waals surface area contributed by atoms with Gasteiger partial charge in [0, 0.05) is 51.7 Å². The molecule has 0 saturated carbocycles. The number of imidazole rings is 1. The van der Waals surface area contributed by atoms with E-state index in [1.165, 1.54) is 6.07 Å². The Balaban J connectivity index is 1.08. The van der Waals surface area contributed by atoms with Crippen LogP contribution in [0.5, 0.6) is 11.5 Å². The number of amides is 1. The summed E-state index contributed by atoms with van der Waals surface area (Å²) >= 11 is 0. The van der Waals surface area contributed by atoms with Gasteiger partial charge in [-0.25, -0.2) is 9.37 Å². The molecule has 4 aromatic rings. The maximum absolute atomic E-state index is 14.6. The van der Waals surface area contributed by atoms with Crippen molar-refractivity contribution in [3.05, 3.63) is 77.9 Å². The summed E-state index contributed by atoms with van der Waals surface area (Å²) in [7, 11) is 1.68. The van der Waals surface area contributed by atoms with Crippen molar-refractivity contribution in [3.63, 3.8) is 0 Å². The Kier molecular flexibility index (Phi) is 8.90. The average Bonchev–Trinajstić information content (AvgIpc) is 3.41. The number of fused-ring (bicyclic) bond motifs is 2. The number of rotatable bonds is 10. The Morgan fingerprint density at radius 1 is 1.09 bits per heavy atom. The Morgan fingerprint density at radius 2 is 1.88 bits per heavy atom. The van der Waals surface area contributed by atoms with Crippen molar-refractivity contribution in [2.75, 3.05) is 40.0 Å². The van der Waals surface area contributed by atoms with Crippen molar-refractivity contribution in [2.24, 2.45) is 5.73 Å². The summed E-state index contributed by atoms with van der Waals surface area (Å²) in [6.07, 6.45) is 3.46. The van der Waals surface area contributed by atoms with E-state index in [4.69, 9.17) is 24.9 Å². The van der Waals surface area contributed by atoms with Gasteiger partial charge in [-0.3, -0.25) is 4.79 Å². The van der Waals surface area contributed by atoms with Crippen LogP contribution in [-0.4, -0.2) is 66.4 Å². The number of hydrogen-bond acceptors (Lipinski definition) is 6. The molecule has 1 fully saturated rings. The van der Waals surface area contributed by atoms with E-state index < -0.39 is 0 Å². The van der Waals surface area contributed by atoms with Crippen LogP contribution in [-0.2, 0) is 22.5 Å². The van der Waals surface area contributed by atoms with Crippen LogP contribution in [0, 0.1) is 5.82 Å². The first-order chi connectivity index (χ1) is 21.0. The Labute approximate surface area is 251 Å². The van der Waals surface area contributed by atoms with Crippen LogP contribution in [0.25, 0.3) is 22.2 Å². The molecule has 2 aliphatic heterocycles. The largest absolute Gasteiger partial charge is 0.486 e. The number of aryl methyl sites for hydroxylation is 1. The zero-order valence-electron chi connectivity index (χ0n) is 24.6. The third-order valence-electron chi connectivity index (χ3n) is 8.39. The number of nitrogens with two attached hydrogens (primary N) is 1.